The van der Waals surface area contributed by atoms with E-state index in [1.54, 1.807) is 0 Å². The number of hydrogen-bond donors (Lipinski definition) is 3. The summed E-state index contributed by atoms with van der Waals surface area (Å²) < 4.78 is 0. The van der Waals surface area contributed by atoms with E-state index in [4.69, 9.17) is 5.73 Å². The molecule has 0 radical (unpaired) electrons. The van der Waals surface area contributed by atoms with Crippen LogP contribution in [-0.2, 0) is 11.3 Å². The molecule has 1 aliphatic heterocycles. The number of nitrogens with one attached hydrogen (secondary N) is 2. The summed E-state index contributed by atoms with van der Waals surface area (Å²) in [6.45, 7) is 4.83. The van der Waals surface area contributed by atoms with Crippen LogP contribution in [0.2, 0.25) is 0 Å². The van der Waals surface area contributed by atoms with Crippen LogP contribution < -0.4 is 16.4 Å². The lowest BCUT2D eigenvalue weighted by Gasteiger charge is -2.32. The van der Waals surface area contributed by atoms with Gasteiger partial charge in [0.2, 0.25) is 5.91 Å². The smallest absolute Gasteiger partial charge is 0.312 e. The minimum atomic E-state index is -0.625. The van der Waals surface area contributed by atoms with Crippen LogP contribution in [0.25, 0.3) is 0 Å². The van der Waals surface area contributed by atoms with E-state index in [1.165, 1.54) is 5.56 Å². The van der Waals surface area contributed by atoms with Gasteiger partial charge in [0.25, 0.3) is 0 Å². The van der Waals surface area contributed by atoms with Gasteiger partial charge >= 0.3 is 6.03 Å². The van der Waals surface area contributed by atoms with Gasteiger partial charge < -0.3 is 16.4 Å². The van der Waals surface area contributed by atoms with Crippen molar-refractivity contribution in [1.29, 1.82) is 0 Å². The van der Waals surface area contributed by atoms with Gasteiger partial charge in [-0.2, -0.15) is 0 Å². The van der Waals surface area contributed by atoms with Gasteiger partial charge in [0.05, 0.1) is 12.5 Å². The molecule has 4 N–H and O–H groups in total. The molecule has 2 aromatic carbocycles. The molecule has 6 nitrogen and oxygen atoms in total. The van der Waals surface area contributed by atoms with Crippen LogP contribution in [0.15, 0.2) is 54.6 Å². The molecule has 1 fully saturated rings. The van der Waals surface area contributed by atoms with E-state index in [9.17, 15) is 9.59 Å². The number of amides is 3. The summed E-state index contributed by atoms with van der Waals surface area (Å²) >= 11 is 0. The van der Waals surface area contributed by atoms with E-state index in [0.717, 1.165) is 43.6 Å². The second-order valence-electron chi connectivity index (χ2n) is 7.73. The van der Waals surface area contributed by atoms with Crippen LogP contribution in [-0.4, -0.2) is 36.0 Å². The van der Waals surface area contributed by atoms with Gasteiger partial charge in [-0.05, 0) is 36.5 Å². The monoisotopic (exact) mass is 394 g/mol. The Bertz CT molecular complexity index is 817. The third-order valence-corrected chi connectivity index (χ3v) is 5.47. The first-order valence-corrected chi connectivity index (χ1v) is 10.2. The molecule has 6 heteroatoms. The number of hydrogen-bond acceptors (Lipinski definition) is 3. The van der Waals surface area contributed by atoms with E-state index in [0.29, 0.717) is 0 Å². The number of primary amides is 1. The van der Waals surface area contributed by atoms with Crippen LogP contribution >= 0.6 is 0 Å². The Kier molecular flexibility index (Phi) is 7.25. The highest BCUT2D eigenvalue weighted by molar-refractivity contribution is 5.79. The van der Waals surface area contributed by atoms with Crippen molar-refractivity contribution in [2.75, 3.05) is 13.1 Å². The average Bonchev–Trinajstić information content (AvgIpc) is 2.70. The molecule has 1 atom stereocenters. The summed E-state index contributed by atoms with van der Waals surface area (Å²) in [4.78, 5) is 26.5. The van der Waals surface area contributed by atoms with Gasteiger partial charge in [0, 0.05) is 25.7 Å². The topological polar surface area (TPSA) is 87.5 Å². The van der Waals surface area contributed by atoms with Crippen LogP contribution in [0.4, 0.5) is 4.79 Å². The predicted octanol–water partition coefficient (Wildman–Crippen LogP) is 2.88. The second-order valence-corrected chi connectivity index (χ2v) is 7.73. The Morgan fingerprint density at radius 1 is 1.07 bits per heavy atom. The number of carbonyl (C=O) groups excluding carboxylic acids is 2. The predicted molar refractivity (Wildman–Crippen MR) is 114 cm³/mol. The van der Waals surface area contributed by atoms with Crippen molar-refractivity contribution >= 4 is 11.9 Å². The molecular formula is C23H30N4O2. The summed E-state index contributed by atoms with van der Waals surface area (Å²) in [7, 11) is 0. The van der Waals surface area contributed by atoms with E-state index in [1.807, 2.05) is 37.3 Å². The number of aryl methyl sites for hydroxylation is 1. The van der Waals surface area contributed by atoms with Crippen LogP contribution in [0, 0.1) is 6.92 Å². The molecule has 0 aromatic heterocycles. The van der Waals surface area contributed by atoms with E-state index in [-0.39, 0.29) is 18.4 Å². The van der Waals surface area contributed by atoms with Crippen LogP contribution in [0.5, 0.6) is 0 Å². The van der Waals surface area contributed by atoms with Crippen molar-refractivity contribution in [3.8, 4) is 0 Å². The van der Waals surface area contributed by atoms with Crippen molar-refractivity contribution in [2.45, 2.75) is 44.8 Å². The van der Waals surface area contributed by atoms with Gasteiger partial charge in [-0.1, -0.05) is 54.6 Å². The lowest BCUT2D eigenvalue weighted by Crippen LogP contribution is -2.45. The third kappa shape index (κ3) is 6.32. The molecule has 1 heterocycles. The molecule has 0 spiro atoms. The fourth-order valence-corrected chi connectivity index (χ4v) is 3.94. The molecule has 29 heavy (non-hydrogen) atoms. The molecule has 3 amide bonds. The molecule has 154 valence electrons. The summed E-state index contributed by atoms with van der Waals surface area (Å²) in [5, 5.41) is 5.85. The Morgan fingerprint density at radius 3 is 2.38 bits per heavy atom. The second kappa shape index (κ2) is 10.1. The first-order valence-electron chi connectivity index (χ1n) is 10.2. The van der Waals surface area contributed by atoms with Crippen molar-refractivity contribution in [3.63, 3.8) is 0 Å². The summed E-state index contributed by atoms with van der Waals surface area (Å²) in [6.07, 6.45) is 2.03. The molecule has 0 saturated carbocycles. The summed E-state index contributed by atoms with van der Waals surface area (Å²) in [5.41, 5.74) is 8.58. The number of nitrogens with two attached hydrogens (primary N) is 1. The zero-order chi connectivity index (χ0) is 20.6. The molecule has 1 aliphatic rings. The summed E-state index contributed by atoms with van der Waals surface area (Å²) in [5.74, 6) is -0.0616. The number of likely N-dealkylation sites (tertiary alicyclic amines) is 1. The van der Waals surface area contributed by atoms with Gasteiger partial charge in [-0.3, -0.25) is 9.69 Å². The van der Waals surface area contributed by atoms with Crippen LogP contribution in [0.1, 0.15) is 42.0 Å². The third-order valence-electron chi connectivity index (χ3n) is 5.47. The Balaban J connectivity index is 1.50. The minimum absolute atomic E-state index is 0.0616. The number of rotatable bonds is 7. The fourth-order valence-electron chi connectivity index (χ4n) is 3.94. The van der Waals surface area contributed by atoms with E-state index in [2.05, 4.69) is 39.8 Å². The number of urea groups is 1. The Hall–Kier alpha value is -2.86. The highest BCUT2D eigenvalue weighted by atomic mass is 16.2. The molecule has 0 bridgehead atoms. The number of carbonyl (C=O) groups is 2. The van der Waals surface area contributed by atoms with Crippen molar-refractivity contribution in [2.24, 2.45) is 5.73 Å². The molecular weight excluding hydrogens is 364 g/mol. The standard InChI is InChI=1S/C23H30N4O2/c1-17-7-5-6-10-20(17)21(26-23(24)29)15-22(28)25-19-11-13-27(14-12-19)16-18-8-3-2-4-9-18/h2-10,19,21H,11-16H2,1H3,(H,25,28)(H3,24,26,29). The molecule has 2 aromatic rings. The van der Waals surface area contributed by atoms with Gasteiger partial charge in [-0.25, -0.2) is 4.79 Å². The van der Waals surface area contributed by atoms with Gasteiger partial charge in [0.15, 0.2) is 0 Å². The van der Waals surface area contributed by atoms with Crippen molar-refractivity contribution < 1.29 is 9.59 Å². The molecule has 3 rings (SSSR count). The largest absolute Gasteiger partial charge is 0.353 e. The lowest BCUT2D eigenvalue weighted by molar-refractivity contribution is -0.122. The zero-order valence-corrected chi connectivity index (χ0v) is 16.9. The van der Waals surface area contributed by atoms with Crippen molar-refractivity contribution in [3.05, 3.63) is 71.3 Å². The van der Waals surface area contributed by atoms with Gasteiger partial charge in [0.1, 0.15) is 0 Å². The first-order chi connectivity index (χ1) is 14.0. The Labute approximate surface area is 172 Å². The van der Waals surface area contributed by atoms with E-state index < -0.39 is 12.1 Å². The molecule has 0 aliphatic carbocycles. The quantitative estimate of drug-likeness (QED) is 0.675. The normalized spacial score (nSPS) is 16.2. The maximum atomic E-state index is 12.6. The fraction of sp³-hybridized carbons (Fsp3) is 0.391. The van der Waals surface area contributed by atoms with Crippen LogP contribution in [0.3, 0.4) is 0 Å². The van der Waals surface area contributed by atoms with Gasteiger partial charge in [-0.15, -0.1) is 0 Å². The Morgan fingerprint density at radius 2 is 1.72 bits per heavy atom. The maximum Gasteiger partial charge on any atom is 0.312 e. The lowest BCUT2D eigenvalue weighted by atomic mass is 9.98. The molecule has 1 saturated heterocycles. The number of nitrogens with zero attached hydrogens (tertiary/aromatic N) is 1. The number of benzene rings is 2. The minimum Gasteiger partial charge on any atom is -0.353 e. The number of piperidine rings is 1. The maximum absolute atomic E-state index is 12.6. The highest BCUT2D eigenvalue weighted by Gasteiger charge is 2.23. The first kappa shape index (κ1) is 20.9. The molecule has 1 unspecified atom stereocenters. The SMILES string of the molecule is Cc1ccccc1C(CC(=O)NC1CCN(Cc2ccccc2)CC1)NC(N)=O. The van der Waals surface area contributed by atoms with Crippen molar-refractivity contribution in [1.82, 2.24) is 15.5 Å². The van der Waals surface area contributed by atoms with E-state index >= 15 is 0 Å². The zero-order valence-electron chi connectivity index (χ0n) is 16.9. The average molecular weight is 395 g/mol. The summed E-state index contributed by atoms with van der Waals surface area (Å²) in [6, 6.07) is 17.3. The highest BCUT2D eigenvalue weighted by Crippen LogP contribution is 2.21.